The van der Waals surface area contributed by atoms with Crippen molar-refractivity contribution in [1.82, 2.24) is 19.9 Å². The van der Waals surface area contributed by atoms with Crippen molar-refractivity contribution < 1.29 is 0 Å². The molecule has 1 saturated heterocycles. The van der Waals surface area contributed by atoms with Crippen LogP contribution in [0.1, 0.15) is 19.8 Å². The molecule has 1 aromatic heterocycles. The van der Waals surface area contributed by atoms with Gasteiger partial charge in [-0.25, -0.2) is 0 Å². The highest BCUT2D eigenvalue weighted by Crippen LogP contribution is 2.16. The van der Waals surface area contributed by atoms with Crippen LogP contribution < -0.4 is 10.2 Å². The first-order valence-electron chi connectivity index (χ1n) is 6.66. The maximum atomic E-state index is 5.93. The van der Waals surface area contributed by atoms with Crippen molar-refractivity contribution in [3.63, 3.8) is 0 Å². The first-order chi connectivity index (χ1) is 9.08. The third-order valence-corrected chi connectivity index (χ3v) is 3.45. The largest absolute Gasteiger partial charge is 0.350 e. The third kappa shape index (κ3) is 3.91. The summed E-state index contributed by atoms with van der Waals surface area (Å²) in [6.45, 7) is 5.47. The average Bonchev–Trinajstić information content (AvgIpc) is 2.38. The van der Waals surface area contributed by atoms with E-state index in [9.17, 15) is 0 Å². The monoisotopic (exact) mass is 284 g/mol. The minimum atomic E-state index is 0.226. The van der Waals surface area contributed by atoms with Crippen LogP contribution in [0.3, 0.4) is 0 Å². The number of hydrogen-bond acceptors (Lipinski definition) is 6. The summed E-state index contributed by atoms with van der Waals surface area (Å²) in [5, 5.41) is 3.59. The molecular weight excluding hydrogens is 264 g/mol. The van der Waals surface area contributed by atoms with Gasteiger partial charge in [0.1, 0.15) is 0 Å². The fourth-order valence-corrected chi connectivity index (χ4v) is 2.40. The maximum absolute atomic E-state index is 5.93. The van der Waals surface area contributed by atoms with E-state index in [2.05, 4.69) is 32.1 Å². The van der Waals surface area contributed by atoms with Crippen LogP contribution in [0.25, 0.3) is 0 Å². The highest BCUT2D eigenvalue weighted by atomic mass is 35.5. The van der Waals surface area contributed by atoms with Gasteiger partial charge in [0.15, 0.2) is 0 Å². The van der Waals surface area contributed by atoms with Gasteiger partial charge in [0.25, 0.3) is 0 Å². The van der Waals surface area contributed by atoms with Crippen LogP contribution in [-0.4, -0.2) is 59.6 Å². The van der Waals surface area contributed by atoms with Crippen LogP contribution in [-0.2, 0) is 0 Å². The van der Waals surface area contributed by atoms with Gasteiger partial charge >= 0.3 is 0 Å². The van der Waals surface area contributed by atoms with Gasteiger partial charge in [0, 0.05) is 26.7 Å². The lowest BCUT2D eigenvalue weighted by molar-refractivity contribution is 0.226. The Morgan fingerprint density at radius 2 is 2.16 bits per heavy atom. The van der Waals surface area contributed by atoms with E-state index in [4.69, 9.17) is 11.6 Å². The summed E-state index contributed by atoms with van der Waals surface area (Å²) in [5.41, 5.74) is 0. The smallest absolute Gasteiger partial charge is 0.230 e. The Balaban J connectivity index is 2.06. The van der Waals surface area contributed by atoms with E-state index in [0.29, 0.717) is 17.9 Å². The first-order valence-corrected chi connectivity index (χ1v) is 7.04. The number of hydrogen-bond donors (Lipinski definition) is 1. The molecule has 0 aliphatic carbocycles. The highest BCUT2D eigenvalue weighted by Gasteiger charge is 2.19. The number of likely N-dealkylation sites (tertiary alicyclic amines) is 1. The second kappa shape index (κ2) is 6.34. The molecule has 2 heterocycles. The minimum Gasteiger partial charge on any atom is -0.350 e. The van der Waals surface area contributed by atoms with E-state index in [0.717, 1.165) is 19.5 Å². The zero-order valence-corrected chi connectivity index (χ0v) is 12.5. The molecule has 1 aromatic rings. The van der Waals surface area contributed by atoms with Crippen molar-refractivity contribution in [2.24, 2.45) is 0 Å². The number of rotatable bonds is 4. The Bertz CT molecular complexity index is 425. The van der Waals surface area contributed by atoms with Gasteiger partial charge in [0.2, 0.25) is 17.2 Å². The van der Waals surface area contributed by atoms with E-state index >= 15 is 0 Å². The Kier molecular flexibility index (Phi) is 4.76. The van der Waals surface area contributed by atoms with Crippen LogP contribution in [0.15, 0.2) is 0 Å². The third-order valence-electron chi connectivity index (χ3n) is 3.28. The normalized spacial score (nSPS) is 20.3. The second-order valence-corrected chi connectivity index (χ2v) is 5.34. The van der Waals surface area contributed by atoms with E-state index in [1.165, 1.54) is 13.0 Å². The van der Waals surface area contributed by atoms with Gasteiger partial charge in [-0.15, -0.1) is 0 Å². The number of nitrogens with zero attached hydrogens (tertiary/aromatic N) is 5. The lowest BCUT2D eigenvalue weighted by Crippen LogP contribution is -2.42. The molecular formula is C12H21ClN6. The lowest BCUT2D eigenvalue weighted by Gasteiger charge is -2.32. The summed E-state index contributed by atoms with van der Waals surface area (Å²) in [4.78, 5) is 16.8. The molecule has 1 unspecified atom stereocenters. The van der Waals surface area contributed by atoms with Crippen molar-refractivity contribution in [3.8, 4) is 0 Å². The summed E-state index contributed by atoms with van der Waals surface area (Å²) in [7, 11) is 3.77. The molecule has 106 valence electrons. The van der Waals surface area contributed by atoms with E-state index in [1.807, 2.05) is 19.0 Å². The minimum absolute atomic E-state index is 0.226. The van der Waals surface area contributed by atoms with Crippen LogP contribution in [0.5, 0.6) is 0 Å². The van der Waals surface area contributed by atoms with Gasteiger partial charge < -0.3 is 15.1 Å². The fourth-order valence-electron chi connectivity index (χ4n) is 2.25. The molecule has 0 saturated carbocycles. The van der Waals surface area contributed by atoms with Gasteiger partial charge in [-0.1, -0.05) is 6.92 Å². The predicted octanol–water partition coefficient (Wildman–Crippen LogP) is 1.49. The molecule has 0 amide bonds. The van der Waals surface area contributed by atoms with E-state index in [1.54, 1.807) is 0 Å². The van der Waals surface area contributed by atoms with E-state index < -0.39 is 0 Å². The first kappa shape index (κ1) is 14.3. The number of nitrogens with one attached hydrogen (secondary N) is 1. The number of likely N-dealkylation sites (N-methyl/N-ethyl adjacent to an activating group) is 1. The van der Waals surface area contributed by atoms with E-state index in [-0.39, 0.29) is 5.28 Å². The van der Waals surface area contributed by atoms with Crippen LogP contribution >= 0.6 is 11.6 Å². The van der Waals surface area contributed by atoms with Crippen LogP contribution in [0, 0.1) is 0 Å². The molecule has 1 N–H and O–H groups in total. The zero-order valence-electron chi connectivity index (χ0n) is 11.7. The molecule has 2 rings (SSSR count). The number of anilines is 2. The van der Waals surface area contributed by atoms with Crippen molar-refractivity contribution in [2.75, 3.05) is 43.9 Å². The van der Waals surface area contributed by atoms with Crippen molar-refractivity contribution >= 4 is 23.5 Å². The molecule has 1 fully saturated rings. The Hall–Kier alpha value is -1.14. The van der Waals surface area contributed by atoms with Crippen LogP contribution in [0.4, 0.5) is 11.9 Å². The molecule has 19 heavy (non-hydrogen) atoms. The molecule has 0 bridgehead atoms. The van der Waals surface area contributed by atoms with Gasteiger partial charge in [-0.05, 0) is 37.5 Å². The molecule has 1 aliphatic heterocycles. The van der Waals surface area contributed by atoms with Crippen molar-refractivity contribution in [2.45, 2.75) is 25.8 Å². The number of piperidine rings is 1. The second-order valence-electron chi connectivity index (χ2n) is 5.00. The zero-order chi connectivity index (χ0) is 13.8. The van der Waals surface area contributed by atoms with Crippen LogP contribution in [0.2, 0.25) is 5.28 Å². The molecule has 0 spiro atoms. The standard InChI is InChI=1S/C12H21ClN6/c1-4-19-7-5-6-9(8-19)14-11-15-10(13)16-12(17-11)18(2)3/h9H,4-8H2,1-3H3,(H,14,15,16,17). The molecule has 7 heteroatoms. The summed E-state index contributed by atoms with van der Waals surface area (Å²) in [5.74, 6) is 1.14. The number of halogens is 1. The molecule has 0 aromatic carbocycles. The van der Waals surface area contributed by atoms with Crippen molar-refractivity contribution in [1.29, 1.82) is 0 Å². The summed E-state index contributed by atoms with van der Waals surface area (Å²) >= 11 is 5.93. The highest BCUT2D eigenvalue weighted by molar-refractivity contribution is 6.28. The van der Waals surface area contributed by atoms with Gasteiger partial charge in [0.05, 0.1) is 0 Å². The predicted molar refractivity (Wildman–Crippen MR) is 77.9 cm³/mol. The maximum Gasteiger partial charge on any atom is 0.230 e. The Morgan fingerprint density at radius 1 is 1.37 bits per heavy atom. The Morgan fingerprint density at radius 3 is 2.84 bits per heavy atom. The molecule has 1 aliphatic rings. The van der Waals surface area contributed by atoms with Crippen molar-refractivity contribution in [3.05, 3.63) is 5.28 Å². The Labute approximate surface area is 119 Å². The summed E-state index contributed by atoms with van der Waals surface area (Å²) in [6, 6.07) is 0.377. The molecule has 0 radical (unpaired) electrons. The average molecular weight is 285 g/mol. The topological polar surface area (TPSA) is 57.2 Å². The quantitative estimate of drug-likeness (QED) is 0.904. The number of aromatic nitrogens is 3. The summed E-state index contributed by atoms with van der Waals surface area (Å²) in [6.07, 6.45) is 2.34. The molecule has 6 nitrogen and oxygen atoms in total. The fraction of sp³-hybridized carbons (Fsp3) is 0.750. The lowest BCUT2D eigenvalue weighted by atomic mass is 10.1. The molecule has 1 atom stereocenters. The summed E-state index contributed by atoms with van der Waals surface area (Å²) < 4.78 is 0. The SMILES string of the molecule is CCN1CCCC(Nc2nc(Cl)nc(N(C)C)n2)C1. The van der Waals surface area contributed by atoms with Gasteiger partial charge in [-0.3, -0.25) is 0 Å². The van der Waals surface area contributed by atoms with Gasteiger partial charge in [-0.2, -0.15) is 15.0 Å².